The normalized spacial score (nSPS) is 10.5. The Bertz CT molecular complexity index is 500. The van der Waals surface area contributed by atoms with Gasteiger partial charge >= 0.3 is 0 Å². The van der Waals surface area contributed by atoms with Gasteiger partial charge < -0.3 is 4.90 Å². The molecule has 16 heavy (non-hydrogen) atoms. The summed E-state index contributed by atoms with van der Waals surface area (Å²) in [5, 5.41) is 1.05. The lowest BCUT2D eigenvalue weighted by atomic mass is 10.1. The molecule has 0 aliphatic rings. The van der Waals surface area contributed by atoms with E-state index in [1.807, 2.05) is 25.2 Å². The van der Waals surface area contributed by atoms with Gasteiger partial charge in [-0.15, -0.1) is 0 Å². The van der Waals surface area contributed by atoms with E-state index in [9.17, 15) is 0 Å². The zero-order valence-electron chi connectivity index (χ0n) is 10.1. The van der Waals surface area contributed by atoms with E-state index in [2.05, 4.69) is 37.0 Å². The van der Waals surface area contributed by atoms with Crippen LogP contribution in [0.5, 0.6) is 0 Å². The van der Waals surface area contributed by atoms with Crippen molar-refractivity contribution < 1.29 is 0 Å². The number of aromatic nitrogens is 1. The molecule has 0 saturated carbocycles. The molecule has 1 aromatic heterocycles. The van der Waals surface area contributed by atoms with Crippen LogP contribution < -0.4 is 4.90 Å². The standard InChI is InChI=1S/C13H16N2S/c1-9-5-6-11(7-10(9)2)12-8-14-13(16-12)15(3)4/h5-8H,1-4H3. The summed E-state index contributed by atoms with van der Waals surface area (Å²) in [4.78, 5) is 7.65. The second-order valence-corrected chi connectivity index (χ2v) is 5.21. The number of hydrogen-bond acceptors (Lipinski definition) is 3. The minimum absolute atomic E-state index is 1.05. The lowest BCUT2D eigenvalue weighted by Gasteiger charge is -2.05. The number of rotatable bonds is 2. The van der Waals surface area contributed by atoms with Gasteiger partial charge in [-0.2, -0.15) is 0 Å². The number of benzene rings is 1. The van der Waals surface area contributed by atoms with Crippen molar-refractivity contribution in [1.29, 1.82) is 0 Å². The summed E-state index contributed by atoms with van der Waals surface area (Å²) < 4.78 is 0. The Morgan fingerprint density at radius 2 is 1.88 bits per heavy atom. The van der Waals surface area contributed by atoms with E-state index >= 15 is 0 Å². The molecule has 0 N–H and O–H groups in total. The lowest BCUT2D eigenvalue weighted by Crippen LogP contribution is -2.07. The largest absolute Gasteiger partial charge is 0.354 e. The van der Waals surface area contributed by atoms with E-state index in [4.69, 9.17) is 0 Å². The zero-order valence-corrected chi connectivity index (χ0v) is 10.9. The van der Waals surface area contributed by atoms with Crippen molar-refractivity contribution in [3.8, 4) is 10.4 Å². The molecule has 0 radical (unpaired) electrons. The quantitative estimate of drug-likeness (QED) is 0.788. The van der Waals surface area contributed by atoms with Crippen molar-refractivity contribution in [2.24, 2.45) is 0 Å². The van der Waals surface area contributed by atoms with Crippen molar-refractivity contribution in [2.75, 3.05) is 19.0 Å². The van der Waals surface area contributed by atoms with Crippen LogP contribution in [-0.4, -0.2) is 19.1 Å². The van der Waals surface area contributed by atoms with Crippen LogP contribution in [0.2, 0.25) is 0 Å². The van der Waals surface area contributed by atoms with E-state index in [0.29, 0.717) is 0 Å². The van der Waals surface area contributed by atoms with Gasteiger partial charge in [-0.05, 0) is 30.5 Å². The van der Waals surface area contributed by atoms with Crippen molar-refractivity contribution in [3.05, 3.63) is 35.5 Å². The molecule has 0 amide bonds. The smallest absolute Gasteiger partial charge is 0.185 e. The molecule has 2 rings (SSSR count). The summed E-state index contributed by atoms with van der Waals surface area (Å²) in [5.41, 5.74) is 3.92. The highest BCUT2D eigenvalue weighted by molar-refractivity contribution is 7.18. The van der Waals surface area contributed by atoms with Crippen LogP contribution >= 0.6 is 11.3 Å². The van der Waals surface area contributed by atoms with Crippen LogP contribution in [0.1, 0.15) is 11.1 Å². The topological polar surface area (TPSA) is 16.1 Å². The molecular formula is C13H16N2S. The average Bonchev–Trinajstić information content (AvgIpc) is 2.71. The Hall–Kier alpha value is -1.35. The first kappa shape index (κ1) is 11.1. The van der Waals surface area contributed by atoms with Crippen LogP contribution in [0.3, 0.4) is 0 Å². The van der Waals surface area contributed by atoms with Crippen molar-refractivity contribution in [1.82, 2.24) is 4.98 Å². The van der Waals surface area contributed by atoms with E-state index in [0.717, 1.165) is 5.13 Å². The van der Waals surface area contributed by atoms with Crippen LogP contribution in [0.4, 0.5) is 5.13 Å². The van der Waals surface area contributed by atoms with Gasteiger partial charge in [0.2, 0.25) is 0 Å². The van der Waals surface area contributed by atoms with Gasteiger partial charge in [0.05, 0.1) is 4.88 Å². The van der Waals surface area contributed by atoms with Crippen LogP contribution in [-0.2, 0) is 0 Å². The fourth-order valence-corrected chi connectivity index (χ4v) is 2.33. The molecular weight excluding hydrogens is 216 g/mol. The summed E-state index contributed by atoms with van der Waals surface area (Å²) in [6, 6.07) is 6.55. The molecule has 0 aliphatic heterocycles. The molecule has 0 saturated heterocycles. The van der Waals surface area contributed by atoms with E-state index < -0.39 is 0 Å². The van der Waals surface area contributed by atoms with Gasteiger partial charge in [0, 0.05) is 20.3 Å². The minimum atomic E-state index is 1.05. The Morgan fingerprint density at radius 3 is 2.44 bits per heavy atom. The molecule has 3 heteroatoms. The number of hydrogen-bond donors (Lipinski definition) is 0. The SMILES string of the molecule is Cc1ccc(-c2cnc(N(C)C)s2)cc1C. The Morgan fingerprint density at radius 1 is 1.12 bits per heavy atom. The monoisotopic (exact) mass is 232 g/mol. The number of anilines is 1. The molecule has 0 unspecified atom stereocenters. The predicted octanol–water partition coefficient (Wildman–Crippen LogP) is 3.49. The predicted molar refractivity (Wildman–Crippen MR) is 71.4 cm³/mol. The van der Waals surface area contributed by atoms with Gasteiger partial charge in [-0.1, -0.05) is 29.5 Å². The summed E-state index contributed by atoms with van der Waals surface area (Å²) in [7, 11) is 4.03. The van der Waals surface area contributed by atoms with Gasteiger partial charge in [-0.3, -0.25) is 0 Å². The highest BCUT2D eigenvalue weighted by atomic mass is 32.1. The summed E-state index contributed by atoms with van der Waals surface area (Å²) in [5.74, 6) is 0. The summed E-state index contributed by atoms with van der Waals surface area (Å²) in [6.07, 6.45) is 1.95. The van der Waals surface area contributed by atoms with Crippen LogP contribution in [0.15, 0.2) is 24.4 Å². The maximum atomic E-state index is 4.39. The molecule has 0 fully saturated rings. The first-order valence-electron chi connectivity index (χ1n) is 5.28. The van der Waals surface area contributed by atoms with E-state index in [1.165, 1.54) is 21.6 Å². The van der Waals surface area contributed by atoms with E-state index in [1.54, 1.807) is 11.3 Å². The molecule has 2 aromatic rings. The zero-order chi connectivity index (χ0) is 11.7. The second-order valence-electron chi connectivity index (χ2n) is 4.20. The number of thiazole rings is 1. The van der Waals surface area contributed by atoms with Crippen molar-refractivity contribution in [2.45, 2.75) is 13.8 Å². The minimum Gasteiger partial charge on any atom is -0.354 e. The van der Waals surface area contributed by atoms with Gasteiger partial charge in [-0.25, -0.2) is 4.98 Å². The second kappa shape index (κ2) is 4.26. The average molecular weight is 232 g/mol. The molecule has 0 atom stereocenters. The fourth-order valence-electron chi connectivity index (χ4n) is 1.50. The van der Waals surface area contributed by atoms with Crippen molar-refractivity contribution >= 4 is 16.5 Å². The van der Waals surface area contributed by atoms with E-state index in [-0.39, 0.29) is 0 Å². The van der Waals surface area contributed by atoms with Gasteiger partial charge in [0.15, 0.2) is 5.13 Å². The maximum absolute atomic E-state index is 4.39. The third-order valence-electron chi connectivity index (χ3n) is 2.67. The molecule has 1 heterocycles. The third-order valence-corrected chi connectivity index (χ3v) is 3.88. The molecule has 0 spiro atoms. The van der Waals surface area contributed by atoms with Gasteiger partial charge in [0.25, 0.3) is 0 Å². The maximum Gasteiger partial charge on any atom is 0.185 e. The number of aryl methyl sites for hydroxylation is 2. The molecule has 1 aromatic carbocycles. The molecule has 84 valence electrons. The van der Waals surface area contributed by atoms with Crippen LogP contribution in [0, 0.1) is 13.8 Å². The highest BCUT2D eigenvalue weighted by Crippen LogP contribution is 2.30. The lowest BCUT2D eigenvalue weighted by molar-refractivity contribution is 1.11. The first-order chi connectivity index (χ1) is 7.58. The fraction of sp³-hybridized carbons (Fsp3) is 0.308. The summed E-state index contributed by atoms with van der Waals surface area (Å²) >= 11 is 1.72. The van der Waals surface area contributed by atoms with Gasteiger partial charge in [0.1, 0.15) is 0 Å². The summed E-state index contributed by atoms with van der Waals surface area (Å²) in [6.45, 7) is 4.28. The molecule has 0 aliphatic carbocycles. The molecule has 0 bridgehead atoms. The number of nitrogens with zero attached hydrogens (tertiary/aromatic N) is 2. The Kier molecular flexibility index (Phi) is 2.97. The Labute approximate surface area is 101 Å². The van der Waals surface area contributed by atoms with Crippen LogP contribution in [0.25, 0.3) is 10.4 Å². The highest BCUT2D eigenvalue weighted by Gasteiger charge is 2.06. The third kappa shape index (κ3) is 2.09. The molecule has 2 nitrogen and oxygen atoms in total. The Balaban J connectivity index is 2.39. The first-order valence-corrected chi connectivity index (χ1v) is 6.10. The van der Waals surface area contributed by atoms with Crippen molar-refractivity contribution in [3.63, 3.8) is 0 Å².